The summed E-state index contributed by atoms with van der Waals surface area (Å²) in [6, 6.07) is 7.73. The largest absolute Gasteiger partial charge is 0.493 e. The van der Waals surface area contributed by atoms with Gasteiger partial charge in [-0.05, 0) is 42.2 Å². The topological polar surface area (TPSA) is 51.6 Å². The molecule has 1 aromatic carbocycles. The van der Waals surface area contributed by atoms with Gasteiger partial charge in [0.1, 0.15) is 5.60 Å². The van der Waals surface area contributed by atoms with Crippen LogP contribution in [0.1, 0.15) is 49.5 Å². The number of aliphatic hydroxyl groups is 1. The molecule has 2 heterocycles. The Kier molecular flexibility index (Phi) is 4.76. The summed E-state index contributed by atoms with van der Waals surface area (Å²) in [4.78, 5) is 4.03. The second kappa shape index (κ2) is 6.81. The first kappa shape index (κ1) is 16.8. The molecular weight excluding hydrogens is 302 g/mol. The van der Waals surface area contributed by atoms with Gasteiger partial charge in [-0.3, -0.25) is 4.98 Å². The first-order valence-corrected chi connectivity index (χ1v) is 8.58. The van der Waals surface area contributed by atoms with Crippen LogP contribution in [0, 0.1) is 0 Å². The van der Waals surface area contributed by atoms with E-state index in [0.717, 1.165) is 47.5 Å². The van der Waals surface area contributed by atoms with Crippen molar-refractivity contribution in [3.8, 4) is 11.5 Å². The van der Waals surface area contributed by atoms with Crippen LogP contribution in [0.3, 0.4) is 0 Å². The summed E-state index contributed by atoms with van der Waals surface area (Å²) >= 11 is 0. The second-order valence-electron chi connectivity index (χ2n) is 6.41. The Morgan fingerprint density at radius 3 is 2.54 bits per heavy atom. The Balaban J connectivity index is 1.95. The van der Waals surface area contributed by atoms with Crippen molar-refractivity contribution in [2.75, 3.05) is 7.11 Å². The van der Waals surface area contributed by atoms with Gasteiger partial charge in [-0.2, -0.15) is 0 Å². The van der Waals surface area contributed by atoms with Crippen molar-refractivity contribution in [3.63, 3.8) is 0 Å². The zero-order valence-electron chi connectivity index (χ0n) is 14.6. The average Bonchev–Trinajstić information content (AvgIpc) is 3.02. The van der Waals surface area contributed by atoms with E-state index in [9.17, 15) is 5.11 Å². The van der Waals surface area contributed by atoms with Gasteiger partial charge >= 0.3 is 0 Å². The minimum atomic E-state index is -0.569. The van der Waals surface area contributed by atoms with E-state index in [1.807, 2.05) is 24.3 Å². The predicted octanol–water partition coefficient (Wildman–Crippen LogP) is 3.86. The van der Waals surface area contributed by atoms with Crippen LogP contribution in [-0.2, 0) is 12.8 Å². The summed E-state index contributed by atoms with van der Waals surface area (Å²) in [5.41, 5.74) is 2.89. The molecule has 128 valence electrons. The molecule has 0 radical (unpaired) electrons. The van der Waals surface area contributed by atoms with Gasteiger partial charge in [0, 0.05) is 30.8 Å². The molecule has 0 spiro atoms. The van der Waals surface area contributed by atoms with E-state index >= 15 is 0 Å². The molecule has 1 aliphatic rings. The number of nitrogens with zero attached hydrogens (tertiary/aromatic N) is 1. The lowest BCUT2D eigenvalue weighted by atomic mass is 9.88. The smallest absolute Gasteiger partial charge is 0.165 e. The minimum absolute atomic E-state index is 0.192. The molecule has 4 heteroatoms. The number of methoxy groups -OCH3 is 1. The van der Waals surface area contributed by atoms with Crippen molar-refractivity contribution < 1.29 is 14.6 Å². The number of aromatic nitrogens is 1. The highest BCUT2D eigenvalue weighted by molar-refractivity contribution is 5.55. The van der Waals surface area contributed by atoms with Gasteiger partial charge in [0.15, 0.2) is 11.5 Å². The van der Waals surface area contributed by atoms with Gasteiger partial charge in [0.25, 0.3) is 0 Å². The highest BCUT2D eigenvalue weighted by Gasteiger charge is 2.40. The Labute approximate surface area is 143 Å². The standard InChI is InChI=1S/C20H25NO3/c1-4-20(5-2)13-16-15(6-7-18(23-3)19(16)24-20)17(22)12-14-8-10-21-11-9-14/h6-11,17,22H,4-5,12-13H2,1-3H3. The number of benzene rings is 1. The number of hydrogen-bond acceptors (Lipinski definition) is 4. The molecule has 3 rings (SSSR count). The molecule has 0 saturated heterocycles. The Hall–Kier alpha value is -2.07. The molecule has 0 aliphatic carbocycles. The van der Waals surface area contributed by atoms with E-state index in [1.165, 1.54) is 0 Å². The number of rotatable bonds is 6. The van der Waals surface area contributed by atoms with Crippen molar-refractivity contribution in [1.82, 2.24) is 4.98 Å². The van der Waals surface area contributed by atoms with E-state index in [2.05, 4.69) is 18.8 Å². The molecule has 4 nitrogen and oxygen atoms in total. The third-order valence-corrected chi connectivity index (χ3v) is 5.12. The van der Waals surface area contributed by atoms with Gasteiger partial charge in [-0.1, -0.05) is 19.9 Å². The fraction of sp³-hybridized carbons (Fsp3) is 0.450. The second-order valence-corrected chi connectivity index (χ2v) is 6.41. The summed E-state index contributed by atoms with van der Waals surface area (Å²) < 4.78 is 11.8. The molecule has 24 heavy (non-hydrogen) atoms. The third-order valence-electron chi connectivity index (χ3n) is 5.12. The first-order valence-electron chi connectivity index (χ1n) is 8.58. The molecule has 1 N–H and O–H groups in total. The predicted molar refractivity (Wildman–Crippen MR) is 93.5 cm³/mol. The van der Waals surface area contributed by atoms with Crippen LogP contribution in [0.25, 0.3) is 0 Å². The van der Waals surface area contributed by atoms with E-state index in [4.69, 9.17) is 9.47 Å². The lowest BCUT2D eigenvalue weighted by Crippen LogP contribution is -2.32. The summed E-state index contributed by atoms with van der Waals surface area (Å²) in [7, 11) is 1.66. The van der Waals surface area contributed by atoms with E-state index in [-0.39, 0.29) is 5.60 Å². The molecule has 0 fully saturated rings. The molecule has 0 saturated carbocycles. The van der Waals surface area contributed by atoms with E-state index in [0.29, 0.717) is 6.42 Å². The van der Waals surface area contributed by atoms with Crippen molar-refractivity contribution >= 4 is 0 Å². The maximum absolute atomic E-state index is 10.8. The van der Waals surface area contributed by atoms with Gasteiger partial charge < -0.3 is 14.6 Å². The maximum atomic E-state index is 10.8. The summed E-state index contributed by atoms with van der Waals surface area (Å²) in [6.07, 6.45) is 6.18. The fourth-order valence-corrected chi connectivity index (χ4v) is 3.46. The summed E-state index contributed by atoms with van der Waals surface area (Å²) in [5.74, 6) is 1.54. The number of fused-ring (bicyclic) bond motifs is 1. The van der Waals surface area contributed by atoms with Gasteiger partial charge in [0.2, 0.25) is 0 Å². The zero-order valence-corrected chi connectivity index (χ0v) is 14.6. The van der Waals surface area contributed by atoms with Gasteiger partial charge in [-0.15, -0.1) is 0 Å². The van der Waals surface area contributed by atoms with Crippen LogP contribution in [0.4, 0.5) is 0 Å². The average molecular weight is 327 g/mol. The molecule has 0 bridgehead atoms. The fourth-order valence-electron chi connectivity index (χ4n) is 3.46. The van der Waals surface area contributed by atoms with Crippen LogP contribution in [0.5, 0.6) is 11.5 Å². The highest BCUT2D eigenvalue weighted by atomic mass is 16.5. The summed E-state index contributed by atoms with van der Waals surface area (Å²) in [5, 5.41) is 10.8. The zero-order chi connectivity index (χ0) is 17.2. The number of aliphatic hydroxyl groups excluding tert-OH is 1. The van der Waals surface area contributed by atoms with Gasteiger partial charge in [-0.25, -0.2) is 0 Å². The maximum Gasteiger partial charge on any atom is 0.165 e. The van der Waals surface area contributed by atoms with Crippen molar-refractivity contribution in [2.45, 2.75) is 51.2 Å². The van der Waals surface area contributed by atoms with Crippen LogP contribution in [-0.4, -0.2) is 22.8 Å². The molecule has 2 aromatic rings. The van der Waals surface area contributed by atoms with Crippen molar-refractivity contribution in [2.24, 2.45) is 0 Å². The Bertz CT molecular complexity index is 696. The molecule has 1 aromatic heterocycles. The Morgan fingerprint density at radius 1 is 1.21 bits per heavy atom. The van der Waals surface area contributed by atoms with Crippen LogP contribution in [0.15, 0.2) is 36.7 Å². The van der Waals surface area contributed by atoms with Crippen LogP contribution < -0.4 is 9.47 Å². The van der Waals surface area contributed by atoms with E-state index < -0.39 is 6.10 Å². The number of pyridine rings is 1. The molecule has 0 amide bonds. The number of ether oxygens (including phenoxy) is 2. The minimum Gasteiger partial charge on any atom is -0.493 e. The van der Waals surface area contributed by atoms with E-state index in [1.54, 1.807) is 19.5 Å². The number of hydrogen-bond donors (Lipinski definition) is 1. The Morgan fingerprint density at radius 2 is 1.92 bits per heavy atom. The highest BCUT2D eigenvalue weighted by Crippen LogP contribution is 2.47. The molecule has 1 unspecified atom stereocenters. The molecule has 1 atom stereocenters. The molecular formula is C20H25NO3. The first-order chi connectivity index (χ1) is 11.6. The normalized spacial score (nSPS) is 16.3. The van der Waals surface area contributed by atoms with Crippen molar-refractivity contribution in [1.29, 1.82) is 0 Å². The third kappa shape index (κ3) is 2.98. The summed E-state index contributed by atoms with van der Waals surface area (Å²) in [6.45, 7) is 4.30. The SMILES string of the molecule is CCC1(CC)Cc2c(C(O)Cc3ccncc3)ccc(OC)c2O1. The lowest BCUT2D eigenvalue weighted by molar-refractivity contribution is 0.0827. The van der Waals surface area contributed by atoms with Crippen molar-refractivity contribution in [3.05, 3.63) is 53.3 Å². The monoisotopic (exact) mass is 327 g/mol. The molecule has 1 aliphatic heterocycles. The van der Waals surface area contributed by atoms with Gasteiger partial charge in [0.05, 0.1) is 13.2 Å². The van der Waals surface area contributed by atoms with Crippen LogP contribution >= 0.6 is 0 Å². The van der Waals surface area contributed by atoms with Crippen LogP contribution in [0.2, 0.25) is 0 Å². The quantitative estimate of drug-likeness (QED) is 0.875. The lowest BCUT2D eigenvalue weighted by Gasteiger charge is -2.25.